The van der Waals surface area contributed by atoms with Gasteiger partial charge in [0.2, 0.25) is 0 Å². The number of pyridine rings is 1. The molecule has 1 fully saturated rings. The average molecular weight is 383 g/mol. The standard InChI is InChI=1S/C22H30N4O2/c1-16(2)19-6-4-5-17(3)21(19)25-18-7-8-23-20(15-18)22(27)24-9-10-26-11-13-28-14-12-26/h4-8,15-16H,9-14H2,1-3H3,(H,23,25)(H,24,27). The maximum absolute atomic E-state index is 12.5. The third-order valence-corrected chi connectivity index (χ3v) is 5.01. The normalized spacial score (nSPS) is 14.9. The zero-order valence-electron chi connectivity index (χ0n) is 17.0. The number of rotatable bonds is 7. The van der Waals surface area contributed by atoms with Gasteiger partial charge in [-0.2, -0.15) is 0 Å². The molecule has 6 nitrogen and oxygen atoms in total. The molecule has 1 amide bonds. The Bertz CT molecular complexity index is 801. The second kappa shape index (κ2) is 9.66. The van der Waals surface area contributed by atoms with Gasteiger partial charge < -0.3 is 15.4 Å². The molecule has 1 aliphatic rings. The lowest BCUT2D eigenvalue weighted by atomic mass is 9.98. The highest BCUT2D eigenvalue weighted by Gasteiger charge is 2.13. The molecule has 1 saturated heterocycles. The third kappa shape index (κ3) is 5.30. The Kier molecular flexibility index (Phi) is 7.01. The molecule has 0 radical (unpaired) electrons. The number of hydrogen-bond donors (Lipinski definition) is 2. The topological polar surface area (TPSA) is 66.5 Å². The van der Waals surface area contributed by atoms with Crippen LogP contribution in [-0.4, -0.2) is 55.2 Å². The third-order valence-electron chi connectivity index (χ3n) is 5.01. The van der Waals surface area contributed by atoms with Crippen LogP contribution in [0.2, 0.25) is 0 Å². The zero-order chi connectivity index (χ0) is 19.9. The molecule has 0 saturated carbocycles. The number of aryl methyl sites for hydroxylation is 1. The number of nitrogens with one attached hydrogen (secondary N) is 2. The Balaban J connectivity index is 1.63. The Hall–Kier alpha value is -2.44. The number of amides is 1. The predicted molar refractivity (Wildman–Crippen MR) is 112 cm³/mol. The van der Waals surface area contributed by atoms with Gasteiger partial charge in [0.15, 0.2) is 0 Å². The van der Waals surface area contributed by atoms with Crippen molar-refractivity contribution in [1.82, 2.24) is 15.2 Å². The summed E-state index contributed by atoms with van der Waals surface area (Å²) in [6, 6.07) is 10.0. The van der Waals surface area contributed by atoms with Crippen LogP contribution in [-0.2, 0) is 4.74 Å². The summed E-state index contributed by atoms with van der Waals surface area (Å²) >= 11 is 0. The summed E-state index contributed by atoms with van der Waals surface area (Å²) in [5, 5.41) is 6.45. The Morgan fingerprint density at radius 2 is 2.04 bits per heavy atom. The van der Waals surface area contributed by atoms with Crippen molar-refractivity contribution in [1.29, 1.82) is 0 Å². The van der Waals surface area contributed by atoms with E-state index >= 15 is 0 Å². The van der Waals surface area contributed by atoms with Gasteiger partial charge in [-0.05, 0) is 36.1 Å². The Labute approximate surface area is 167 Å². The Morgan fingerprint density at radius 1 is 1.25 bits per heavy atom. The molecule has 3 rings (SSSR count). The first-order valence-corrected chi connectivity index (χ1v) is 9.95. The van der Waals surface area contributed by atoms with Crippen LogP contribution in [0.3, 0.4) is 0 Å². The van der Waals surface area contributed by atoms with Crippen LogP contribution in [0.5, 0.6) is 0 Å². The van der Waals surface area contributed by atoms with Gasteiger partial charge in [-0.25, -0.2) is 0 Å². The fourth-order valence-electron chi connectivity index (χ4n) is 3.36. The van der Waals surface area contributed by atoms with Crippen LogP contribution in [0, 0.1) is 6.92 Å². The van der Waals surface area contributed by atoms with Crippen LogP contribution in [0.1, 0.15) is 41.4 Å². The van der Waals surface area contributed by atoms with Crippen LogP contribution in [0.4, 0.5) is 11.4 Å². The SMILES string of the molecule is Cc1cccc(C(C)C)c1Nc1ccnc(C(=O)NCCN2CCOCC2)c1. The summed E-state index contributed by atoms with van der Waals surface area (Å²) in [6.45, 7) is 11.3. The van der Waals surface area contributed by atoms with Crippen LogP contribution < -0.4 is 10.6 Å². The Morgan fingerprint density at radius 3 is 2.79 bits per heavy atom. The van der Waals surface area contributed by atoms with Gasteiger partial charge in [0, 0.05) is 43.8 Å². The van der Waals surface area contributed by atoms with E-state index in [1.807, 2.05) is 6.07 Å². The molecule has 1 aromatic heterocycles. The number of nitrogens with zero attached hydrogens (tertiary/aromatic N) is 2. The van der Waals surface area contributed by atoms with E-state index in [4.69, 9.17) is 4.74 Å². The average Bonchev–Trinajstić information content (AvgIpc) is 2.70. The molecule has 2 heterocycles. The number of morpholine rings is 1. The van der Waals surface area contributed by atoms with Crippen molar-refractivity contribution in [3.05, 3.63) is 53.3 Å². The first-order chi connectivity index (χ1) is 13.5. The summed E-state index contributed by atoms with van der Waals surface area (Å²) in [6.07, 6.45) is 1.67. The van der Waals surface area contributed by atoms with Crippen molar-refractivity contribution >= 4 is 17.3 Å². The lowest BCUT2D eigenvalue weighted by Crippen LogP contribution is -2.41. The molecule has 1 aliphatic heterocycles. The number of anilines is 2. The van der Waals surface area contributed by atoms with E-state index in [0.717, 1.165) is 44.2 Å². The second-order valence-corrected chi connectivity index (χ2v) is 7.46. The lowest BCUT2D eigenvalue weighted by Gasteiger charge is -2.26. The lowest BCUT2D eigenvalue weighted by molar-refractivity contribution is 0.0383. The van der Waals surface area contributed by atoms with Gasteiger partial charge in [-0.15, -0.1) is 0 Å². The highest BCUT2D eigenvalue weighted by atomic mass is 16.5. The summed E-state index contributed by atoms with van der Waals surface area (Å²) < 4.78 is 5.34. The molecule has 0 bridgehead atoms. The van der Waals surface area contributed by atoms with E-state index in [2.05, 4.69) is 59.5 Å². The minimum absolute atomic E-state index is 0.147. The largest absolute Gasteiger partial charge is 0.379 e. The van der Waals surface area contributed by atoms with Gasteiger partial charge in [-0.1, -0.05) is 32.0 Å². The van der Waals surface area contributed by atoms with E-state index in [-0.39, 0.29) is 5.91 Å². The van der Waals surface area contributed by atoms with Crippen molar-refractivity contribution < 1.29 is 9.53 Å². The van der Waals surface area contributed by atoms with Gasteiger partial charge >= 0.3 is 0 Å². The molecular formula is C22H30N4O2. The monoisotopic (exact) mass is 382 g/mol. The number of aromatic nitrogens is 1. The van der Waals surface area contributed by atoms with Crippen molar-refractivity contribution in [2.24, 2.45) is 0 Å². The minimum atomic E-state index is -0.147. The molecule has 1 aromatic carbocycles. The van der Waals surface area contributed by atoms with Crippen molar-refractivity contribution in [3.8, 4) is 0 Å². The smallest absolute Gasteiger partial charge is 0.269 e. The molecule has 2 N–H and O–H groups in total. The van der Waals surface area contributed by atoms with E-state index in [1.54, 1.807) is 12.3 Å². The van der Waals surface area contributed by atoms with Crippen molar-refractivity contribution in [3.63, 3.8) is 0 Å². The van der Waals surface area contributed by atoms with Crippen molar-refractivity contribution in [2.75, 3.05) is 44.7 Å². The molecule has 0 aliphatic carbocycles. The number of carbonyl (C=O) groups is 1. The summed E-state index contributed by atoms with van der Waals surface area (Å²) in [7, 11) is 0. The van der Waals surface area contributed by atoms with E-state index in [0.29, 0.717) is 18.2 Å². The first-order valence-electron chi connectivity index (χ1n) is 9.95. The summed E-state index contributed by atoms with van der Waals surface area (Å²) in [4.78, 5) is 19.0. The number of ether oxygens (including phenoxy) is 1. The van der Waals surface area contributed by atoms with Crippen LogP contribution >= 0.6 is 0 Å². The quantitative estimate of drug-likeness (QED) is 0.769. The highest BCUT2D eigenvalue weighted by molar-refractivity contribution is 5.93. The number of benzene rings is 1. The maximum atomic E-state index is 12.5. The molecule has 150 valence electrons. The highest BCUT2D eigenvalue weighted by Crippen LogP contribution is 2.30. The number of hydrogen-bond acceptors (Lipinski definition) is 5. The van der Waals surface area contributed by atoms with Gasteiger partial charge in [0.1, 0.15) is 5.69 Å². The number of para-hydroxylation sites is 1. The summed E-state index contributed by atoms with van der Waals surface area (Å²) in [5.41, 5.74) is 4.83. The van der Waals surface area contributed by atoms with Gasteiger partial charge in [0.05, 0.1) is 13.2 Å². The first kappa shape index (κ1) is 20.3. The molecule has 2 aromatic rings. The van der Waals surface area contributed by atoms with Crippen LogP contribution in [0.25, 0.3) is 0 Å². The molecule has 0 unspecified atom stereocenters. The van der Waals surface area contributed by atoms with Gasteiger partial charge in [-0.3, -0.25) is 14.7 Å². The van der Waals surface area contributed by atoms with E-state index in [1.165, 1.54) is 11.1 Å². The van der Waals surface area contributed by atoms with E-state index < -0.39 is 0 Å². The zero-order valence-corrected chi connectivity index (χ0v) is 17.0. The fourth-order valence-corrected chi connectivity index (χ4v) is 3.36. The van der Waals surface area contributed by atoms with Crippen molar-refractivity contribution in [2.45, 2.75) is 26.7 Å². The molecule has 0 spiro atoms. The molecule has 28 heavy (non-hydrogen) atoms. The predicted octanol–water partition coefficient (Wildman–Crippen LogP) is 3.32. The molecular weight excluding hydrogens is 352 g/mol. The second-order valence-electron chi connectivity index (χ2n) is 7.46. The molecule has 0 atom stereocenters. The molecule has 6 heteroatoms. The van der Waals surface area contributed by atoms with Crippen LogP contribution in [0.15, 0.2) is 36.5 Å². The summed E-state index contributed by atoms with van der Waals surface area (Å²) in [5.74, 6) is 0.262. The van der Waals surface area contributed by atoms with E-state index in [9.17, 15) is 4.79 Å². The van der Waals surface area contributed by atoms with Gasteiger partial charge in [0.25, 0.3) is 5.91 Å². The fraction of sp³-hybridized carbons (Fsp3) is 0.455. The maximum Gasteiger partial charge on any atom is 0.269 e. The number of carbonyl (C=O) groups excluding carboxylic acids is 1. The minimum Gasteiger partial charge on any atom is -0.379 e.